The molecule has 0 saturated heterocycles. The number of aryl methyl sites for hydroxylation is 2. The van der Waals surface area contributed by atoms with E-state index in [4.69, 9.17) is 0 Å². The second-order valence-corrected chi connectivity index (χ2v) is 8.46. The number of nitrogens with zero attached hydrogens (tertiary/aromatic N) is 2. The van der Waals surface area contributed by atoms with Gasteiger partial charge in [-0.05, 0) is 13.8 Å². The van der Waals surface area contributed by atoms with Gasteiger partial charge in [0.1, 0.15) is 14.9 Å². The topological polar surface area (TPSA) is 54.9 Å². The van der Waals surface area contributed by atoms with Gasteiger partial charge in [0.25, 0.3) is 5.91 Å². The number of aromatic nitrogens is 2. The molecule has 0 aliphatic carbocycles. The maximum Gasteiger partial charge on any atom is 0.263 e. The van der Waals surface area contributed by atoms with Crippen molar-refractivity contribution in [3.05, 3.63) is 81.8 Å². The van der Waals surface area contributed by atoms with Gasteiger partial charge in [-0.3, -0.25) is 4.79 Å². The highest BCUT2D eigenvalue weighted by atomic mass is 32.1. The van der Waals surface area contributed by atoms with E-state index in [9.17, 15) is 4.79 Å². The molecule has 0 bridgehead atoms. The van der Waals surface area contributed by atoms with Gasteiger partial charge in [0, 0.05) is 16.0 Å². The lowest BCUT2D eigenvalue weighted by Crippen LogP contribution is -2.22. The number of amides is 1. The third kappa shape index (κ3) is 3.88. The van der Waals surface area contributed by atoms with Crippen LogP contribution in [0.15, 0.2) is 60.7 Å². The Morgan fingerprint density at radius 1 is 0.821 bits per heavy atom. The van der Waals surface area contributed by atoms with Crippen LogP contribution in [0.1, 0.15) is 25.9 Å². The molecule has 0 fully saturated rings. The van der Waals surface area contributed by atoms with E-state index in [-0.39, 0.29) is 5.91 Å². The second kappa shape index (κ2) is 8.04. The highest BCUT2D eigenvalue weighted by molar-refractivity contribution is 7.17. The second-order valence-electron chi connectivity index (χ2n) is 6.38. The maximum absolute atomic E-state index is 12.7. The largest absolute Gasteiger partial charge is 0.346 e. The van der Waals surface area contributed by atoms with Crippen molar-refractivity contribution < 1.29 is 4.79 Å². The predicted molar refractivity (Wildman–Crippen MR) is 116 cm³/mol. The fourth-order valence-electron chi connectivity index (χ4n) is 2.85. The molecule has 0 unspecified atom stereocenters. The Bertz CT molecular complexity index is 1100. The smallest absolute Gasteiger partial charge is 0.263 e. The predicted octanol–water partition coefficient (Wildman–Crippen LogP) is 5.48. The molecule has 0 aliphatic rings. The summed E-state index contributed by atoms with van der Waals surface area (Å²) in [5.41, 5.74) is 3.84. The standard InChI is InChI=1S/C22H19N3OS2/c1-14-18(27-21(24-14)16-9-5-3-6-10-16)13-23-20(26)19-15(2)25-22(28-19)17-11-7-4-8-12-17/h3-12H,13H2,1-2H3,(H,23,26). The number of hydrogen-bond acceptors (Lipinski definition) is 5. The van der Waals surface area contributed by atoms with E-state index in [1.54, 1.807) is 11.3 Å². The summed E-state index contributed by atoms with van der Waals surface area (Å²) in [6.45, 7) is 4.33. The van der Waals surface area contributed by atoms with Gasteiger partial charge in [0.2, 0.25) is 0 Å². The van der Waals surface area contributed by atoms with Gasteiger partial charge >= 0.3 is 0 Å². The van der Waals surface area contributed by atoms with Crippen LogP contribution in [-0.4, -0.2) is 15.9 Å². The summed E-state index contributed by atoms with van der Waals surface area (Å²) in [7, 11) is 0. The monoisotopic (exact) mass is 405 g/mol. The van der Waals surface area contributed by atoms with Crippen molar-refractivity contribution in [2.45, 2.75) is 20.4 Å². The van der Waals surface area contributed by atoms with E-state index < -0.39 is 0 Å². The quantitative estimate of drug-likeness (QED) is 0.478. The van der Waals surface area contributed by atoms with Crippen LogP contribution >= 0.6 is 22.7 Å². The number of benzene rings is 2. The lowest BCUT2D eigenvalue weighted by Gasteiger charge is -2.02. The van der Waals surface area contributed by atoms with E-state index in [0.29, 0.717) is 11.4 Å². The molecule has 4 nitrogen and oxygen atoms in total. The summed E-state index contributed by atoms with van der Waals surface area (Å²) < 4.78 is 0. The molecule has 2 aromatic heterocycles. The molecule has 2 aromatic carbocycles. The SMILES string of the molecule is Cc1nc(-c2ccccc2)sc1CNC(=O)c1sc(-c2ccccc2)nc1C. The Morgan fingerprint density at radius 2 is 1.36 bits per heavy atom. The maximum atomic E-state index is 12.7. The number of thiazole rings is 2. The zero-order valence-corrected chi connectivity index (χ0v) is 17.2. The summed E-state index contributed by atoms with van der Waals surface area (Å²) in [4.78, 5) is 23.7. The Morgan fingerprint density at radius 3 is 1.96 bits per heavy atom. The number of carbonyl (C=O) groups excluding carboxylic acids is 1. The molecule has 1 N–H and O–H groups in total. The lowest BCUT2D eigenvalue weighted by molar-refractivity contribution is 0.0954. The number of carbonyl (C=O) groups is 1. The first-order chi connectivity index (χ1) is 13.6. The molecule has 0 spiro atoms. The van der Waals surface area contributed by atoms with Crippen molar-refractivity contribution in [1.29, 1.82) is 0 Å². The highest BCUT2D eigenvalue weighted by Gasteiger charge is 2.17. The van der Waals surface area contributed by atoms with Crippen LogP contribution < -0.4 is 5.32 Å². The molecule has 6 heteroatoms. The Balaban J connectivity index is 1.48. The van der Waals surface area contributed by atoms with Crippen LogP contribution in [0.3, 0.4) is 0 Å². The minimum Gasteiger partial charge on any atom is -0.346 e. The summed E-state index contributed by atoms with van der Waals surface area (Å²) >= 11 is 3.04. The van der Waals surface area contributed by atoms with E-state index in [1.807, 2.05) is 74.5 Å². The van der Waals surface area contributed by atoms with Crippen LogP contribution in [0.4, 0.5) is 0 Å². The zero-order chi connectivity index (χ0) is 19.5. The van der Waals surface area contributed by atoms with Crippen LogP contribution in [-0.2, 0) is 6.54 Å². The number of hydrogen-bond donors (Lipinski definition) is 1. The molecule has 1 amide bonds. The third-order valence-electron chi connectivity index (χ3n) is 4.35. The van der Waals surface area contributed by atoms with Crippen molar-refractivity contribution in [1.82, 2.24) is 15.3 Å². The van der Waals surface area contributed by atoms with Crippen molar-refractivity contribution in [2.24, 2.45) is 0 Å². The van der Waals surface area contributed by atoms with Gasteiger partial charge in [-0.1, -0.05) is 60.7 Å². The van der Waals surface area contributed by atoms with Crippen LogP contribution in [0.5, 0.6) is 0 Å². The van der Waals surface area contributed by atoms with Crippen LogP contribution in [0.2, 0.25) is 0 Å². The van der Waals surface area contributed by atoms with Crippen LogP contribution in [0.25, 0.3) is 21.1 Å². The molecule has 0 saturated carbocycles. The van der Waals surface area contributed by atoms with Gasteiger partial charge in [0.05, 0.1) is 17.9 Å². The molecular formula is C22H19N3OS2. The Hall–Kier alpha value is -2.83. The summed E-state index contributed by atoms with van der Waals surface area (Å²) in [5, 5.41) is 4.87. The molecule has 140 valence electrons. The summed E-state index contributed by atoms with van der Waals surface area (Å²) in [6.07, 6.45) is 0. The van der Waals surface area contributed by atoms with Gasteiger partial charge in [-0.15, -0.1) is 22.7 Å². The Kier molecular flexibility index (Phi) is 5.32. The third-order valence-corrected chi connectivity index (χ3v) is 6.76. The minimum atomic E-state index is -0.0914. The zero-order valence-electron chi connectivity index (χ0n) is 15.6. The lowest BCUT2D eigenvalue weighted by atomic mass is 10.2. The number of rotatable bonds is 5. The molecule has 0 atom stereocenters. The normalized spacial score (nSPS) is 10.8. The van der Waals surface area contributed by atoms with Gasteiger partial charge in [-0.25, -0.2) is 9.97 Å². The van der Waals surface area contributed by atoms with E-state index in [1.165, 1.54) is 11.3 Å². The molecule has 0 aliphatic heterocycles. The molecule has 4 rings (SSSR count). The van der Waals surface area contributed by atoms with Gasteiger partial charge in [0.15, 0.2) is 0 Å². The minimum absolute atomic E-state index is 0.0914. The summed E-state index contributed by atoms with van der Waals surface area (Å²) in [6, 6.07) is 20.0. The highest BCUT2D eigenvalue weighted by Crippen LogP contribution is 2.29. The van der Waals surface area contributed by atoms with Crippen molar-refractivity contribution >= 4 is 28.6 Å². The van der Waals surface area contributed by atoms with Crippen molar-refractivity contribution in [3.8, 4) is 21.1 Å². The molecule has 2 heterocycles. The Labute approximate surface area is 171 Å². The van der Waals surface area contributed by atoms with Gasteiger partial charge < -0.3 is 5.32 Å². The first-order valence-electron chi connectivity index (χ1n) is 8.94. The molecule has 28 heavy (non-hydrogen) atoms. The summed E-state index contributed by atoms with van der Waals surface area (Å²) in [5.74, 6) is -0.0914. The fourth-order valence-corrected chi connectivity index (χ4v) is 4.84. The van der Waals surface area contributed by atoms with E-state index in [0.717, 1.165) is 37.4 Å². The average molecular weight is 406 g/mol. The van der Waals surface area contributed by atoms with Crippen molar-refractivity contribution in [3.63, 3.8) is 0 Å². The van der Waals surface area contributed by atoms with E-state index in [2.05, 4.69) is 15.3 Å². The first kappa shape index (κ1) is 18.5. The van der Waals surface area contributed by atoms with Gasteiger partial charge in [-0.2, -0.15) is 0 Å². The number of nitrogens with one attached hydrogen (secondary N) is 1. The average Bonchev–Trinajstić information content (AvgIpc) is 3.30. The first-order valence-corrected chi connectivity index (χ1v) is 10.6. The molecule has 4 aromatic rings. The fraction of sp³-hybridized carbons (Fsp3) is 0.136. The molecule has 0 radical (unpaired) electrons. The van der Waals surface area contributed by atoms with E-state index >= 15 is 0 Å². The molecular weight excluding hydrogens is 386 g/mol. The van der Waals surface area contributed by atoms with Crippen LogP contribution in [0, 0.1) is 13.8 Å². The van der Waals surface area contributed by atoms with Crippen molar-refractivity contribution in [2.75, 3.05) is 0 Å².